The first-order valence-corrected chi connectivity index (χ1v) is 12.4. The van der Waals surface area contributed by atoms with E-state index < -0.39 is 10.1 Å². The van der Waals surface area contributed by atoms with E-state index in [1.165, 1.54) is 5.56 Å². The smallest absolute Gasteiger partial charge is 0.339 e. The quantitative estimate of drug-likeness (QED) is 0.289. The molecule has 0 spiro atoms. The highest BCUT2D eigenvalue weighted by Crippen LogP contribution is 2.36. The van der Waals surface area contributed by atoms with Crippen LogP contribution in [0.1, 0.15) is 34.7 Å². The molecule has 3 aromatic rings. The number of nitrogens with one attached hydrogen (secondary N) is 1. The van der Waals surface area contributed by atoms with Crippen molar-refractivity contribution in [3.8, 4) is 11.5 Å². The Morgan fingerprint density at radius 2 is 1.67 bits per heavy atom. The van der Waals surface area contributed by atoms with Crippen molar-refractivity contribution in [2.75, 3.05) is 11.9 Å². The van der Waals surface area contributed by atoms with Gasteiger partial charge in [-0.1, -0.05) is 41.5 Å². The van der Waals surface area contributed by atoms with Gasteiger partial charge in [0.15, 0.2) is 11.5 Å². The van der Waals surface area contributed by atoms with Crippen molar-refractivity contribution in [2.24, 2.45) is 0 Å². The molecule has 3 aromatic carbocycles. The molecule has 0 aliphatic heterocycles. The van der Waals surface area contributed by atoms with Gasteiger partial charge in [-0.3, -0.25) is 0 Å². The predicted octanol–water partition coefficient (Wildman–Crippen LogP) is 6.12. The maximum absolute atomic E-state index is 13.0. The van der Waals surface area contributed by atoms with Crippen LogP contribution in [-0.2, 0) is 23.1 Å². The Morgan fingerprint density at radius 1 is 0.970 bits per heavy atom. The summed E-state index contributed by atoms with van der Waals surface area (Å²) in [4.78, 5) is 0.0979. The largest absolute Gasteiger partial charge is 0.490 e. The Morgan fingerprint density at radius 3 is 2.30 bits per heavy atom. The molecule has 0 radical (unpaired) electrons. The zero-order valence-electron chi connectivity index (χ0n) is 19.6. The summed E-state index contributed by atoms with van der Waals surface area (Å²) in [5, 5.41) is 3.45. The van der Waals surface area contributed by atoms with Gasteiger partial charge in [0.1, 0.15) is 4.90 Å². The minimum Gasteiger partial charge on any atom is -0.490 e. The monoisotopic (exact) mass is 465 g/mol. The lowest BCUT2D eigenvalue weighted by atomic mass is 10.0. The van der Waals surface area contributed by atoms with E-state index in [0.29, 0.717) is 30.9 Å². The van der Waals surface area contributed by atoms with E-state index in [2.05, 4.69) is 43.9 Å². The van der Waals surface area contributed by atoms with Gasteiger partial charge in [0.25, 0.3) is 0 Å². The Bertz CT molecular complexity index is 1230. The first-order valence-electron chi connectivity index (χ1n) is 10.9. The van der Waals surface area contributed by atoms with Crippen LogP contribution in [0.5, 0.6) is 11.5 Å². The van der Waals surface area contributed by atoms with Crippen LogP contribution in [0.3, 0.4) is 0 Å². The Kier molecular flexibility index (Phi) is 7.82. The fourth-order valence-electron chi connectivity index (χ4n) is 3.56. The molecular weight excluding hydrogens is 434 g/mol. The topological polar surface area (TPSA) is 64.6 Å². The van der Waals surface area contributed by atoms with Crippen molar-refractivity contribution < 1.29 is 17.3 Å². The van der Waals surface area contributed by atoms with Crippen molar-refractivity contribution in [1.82, 2.24) is 0 Å². The number of aryl methyl sites for hydroxylation is 3. The maximum atomic E-state index is 13.0. The average Bonchev–Trinajstić information content (AvgIpc) is 2.76. The summed E-state index contributed by atoms with van der Waals surface area (Å²) in [6, 6.07) is 16.6. The van der Waals surface area contributed by atoms with Gasteiger partial charge in [0.05, 0.1) is 6.61 Å². The third kappa shape index (κ3) is 6.17. The molecule has 0 unspecified atom stereocenters. The second kappa shape index (κ2) is 10.6. The lowest BCUT2D eigenvalue weighted by Gasteiger charge is -2.18. The van der Waals surface area contributed by atoms with Crippen molar-refractivity contribution in [2.45, 2.75) is 45.6 Å². The van der Waals surface area contributed by atoms with Crippen LogP contribution in [-0.4, -0.2) is 15.0 Å². The van der Waals surface area contributed by atoms with E-state index >= 15 is 0 Å². The summed E-state index contributed by atoms with van der Waals surface area (Å²) in [6.07, 6.45) is 2.16. The van der Waals surface area contributed by atoms with E-state index in [9.17, 15) is 8.42 Å². The van der Waals surface area contributed by atoms with Crippen LogP contribution in [0.25, 0.3) is 0 Å². The minimum absolute atomic E-state index is 0.0979. The van der Waals surface area contributed by atoms with Crippen molar-refractivity contribution >= 4 is 15.8 Å². The van der Waals surface area contributed by atoms with Crippen molar-refractivity contribution in [3.05, 3.63) is 95.1 Å². The van der Waals surface area contributed by atoms with Gasteiger partial charge in [-0.25, -0.2) is 0 Å². The van der Waals surface area contributed by atoms with E-state index in [-0.39, 0.29) is 10.6 Å². The number of hydrogen-bond donors (Lipinski definition) is 1. The summed E-state index contributed by atoms with van der Waals surface area (Å²) in [5.74, 6) is 0.595. The van der Waals surface area contributed by atoms with E-state index in [1.54, 1.807) is 30.3 Å². The lowest BCUT2D eigenvalue weighted by Crippen LogP contribution is -2.13. The molecule has 174 valence electrons. The molecule has 0 aliphatic carbocycles. The van der Waals surface area contributed by atoms with Crippen LogP contribution in [0.2, 0.25) is 0 Å². The van der Waals surface area contributed by atoms with Gasteiger partial charge in [-0.15, -0.1) is 6.58 Å². The highest BCUT2D eigenvalue weighted by molar-refractivity contribution is 7.87. The number of allylic oxidation sites excluding steroid dienone is 1. The lowest BCUT2D eigenvalue weighted by molar-refractivity contribution is 0.326. The molecule has 0 aromatic heterocycles. The van der Waals surface area contributed by atoms with Crippen LogP contribution in [0.15, 0.2) is 72.1 Å². The van der Waals surface area contributed by atoms with Gasteiger partial charge in [-0.05, 0) is 75.6 Å². The van der Waals surface area contributed by atoms with Crippen LogP contribution >= 0.6 is 0 Å². The molecule has 0 fully saturated rings. The molecule has 6 heteroatoms. The van der Waals surface area contributed by atoms with Gasteiger partial charge >= 0.3 is 10.1 Å². The van der Waals surface area contributed by atoms with Crippen LogP contribution < -0.4 is 14.2 Å². The molecule has 3 rings (SSSR count). The molecule has 0 atom stereocenters. The highest BCUT2D eigenvalue weighted by Gasteiger charge is 2.22. The molecule has 0 heterocycles. The molecule has 0 saturated heterocycles. The molecule has 0 bridgehead atoms. The predicted molar refractivity (Wildman–Crippen MR) is 134 cm³/mol. The van der Waals surface area contributed by atoms with Crippen molar-refractivity contribution in [3.63, 3.8) is 0 Å². The van der Waals surface area contributed by atoms with Gasteiger partial charge < -0.3 is 14.2 Å². The summed E-state index contributed by atoms with van der Waals surface area (Å²) in [6.45, 7) is 12.6. The molecular formula is C27H31NO4S. The Balaban J connectivity index is 1.95. The van der Waals surface area contributed by atoms with Gasteiger partial charge in [-0.2, -0.15) is 8.42 Å². The Hall–Kier alpha value is -3.25. The van der Waals surface area contributed by atoms with E-state index in [1.807, 2.05) is 26.0 Å². The Labute approximate surface area is 197 Å². The summed E-state index contributed by atoms with van der Waals surface area (Å²) in [7, 11) is -4.02. The van der Waals surface area contributed by atoms with Gasteiger partial charge in [0.2, 0.25) is 0 Å². The number of hydrogen-bond acceptors (Lipinski definition) is 5. The molecule has 5 nitrogen and oxygen atoms in total. The van der Waals surface area contributed by atoms with E-state index in [4.69, 9.17) is 8.92 Å². The van der Waals surface area contributed by atoms with Crippen LogP contribution in [0, 0.1) is 20.8 Å². The first kappa shape index (κ1) is 24.4. The third-order valence-electron chi connectivity index (χ3n) is 5.22. The van der Waals surface area contributed by atoms with Crippen LogP contribution in [0.4, 0.5) is 5.69 Å². The van der Waals surface area contributed by atoms with Gasteiger partial charge in [0, 0.05) is 17.8 Å². The number of benzene rings is 3. The molecule has 33 heavy (non-hydrogen) atoms. The fourth-order valence-corrected chi connectivity index (χ4v) is 4.54. The average molecular weight is 466 g/mol. The second-order valence-corrected chi connectivity index (χ2v) is 9.58. The summed E-state index contributed by atoms with van der Waals surface area (Å²) in [5.41, 5.74) is 6.04. The normalized spacial score (nSPS) is 11.2. The molecule has 0 aliphatic rings. The summed E-state index contributed by atoms with van der Waals surface area (Å²) >= 11 is 0. The minimum atomic E-state index is -4.02. The molecule has 0 amide bonds. The number of rotatable bonds is 10. The standard InChI is InChI=1S/C27H31NO4S/c1-6-8-23-16-22(18-28-25-14-11-20(4)15-21(25)5)17-26(31-7-2)27(23)32-33(29,30)24-12-9-19(3)10-13-24/h6,9-17,28H,1,7-8,18H2,2-5H3. The zero-order valence-corrected chi connectivity index (χ0v) is 20.5. The second-order valence-electron chi connectivity index (χ2n) is 8.03. The number of ether oxygens (including phenoxy) is 1. The SMILES string of the molecule is C=CCc1cc(CNc2ccc(C)cc2C)cc(OCC)c1OS(=O)(=O)c1ccc(C)cc1. The maximum Gasteiger partial charge on any atom is 0.339 e. The van der Waals surface area contributed by atoms with Crippen molar-refractivity contribution in [1.29, 1.82) is 0 Å². The zero-order chi connectivity index (χ0) is 24.0. The fraction of sp³-hybridized carbons (Fsp3) is 0.259. The molecule has 0 saturated carbocycles. The highest BCUT2D eigenvalue weighted by atomic mass is 32.2. The first-order chi connectivity index (χ1) is 15.7. The van der Waals surface area contributed by atoms with E-state index in [0.717, 1.165) is 22.4 Å². The third-order valence-corrected chi connectivity index (χ3v) is 6.46. The number of anilines is 1. The summed E-state index contributed by atoms with van der Waals surface area (Å²) < 4.78 is 37.4. The molecule has 1 N–H and O–H groups in total.